The Hall–Kier alpha value is -6.27. The van der Waals surface area contributed by atoms with Crippen LogP contribution in [0.2, 0.25) is 0 Å². The molecule has 2 atom stereocenters. The average Bonchev–Trinajstić information content (AvgIpc) is 3.90. The Labute approximate surface area is 309 Å². The number of furan rings is 1. The van der Waals surface area contributed by atoms with Crippen LogP contribution in [0.3, 0.4) is 0 Å². The van der Waals surface area contributed by atoms with Crippen molar-refractivity contribution in [1.82, 2.24) is 15.2 Å². The molecular formula is C48H31N3OS. The van der Waals surface area contributed by atoms with E-state index in [-0.39, 0.29) is 12.2 Å². The Morgan fingerprint density at radius 2 is 1.21 bits per heavy atom. The van der Waals surface area contributed by atoms with Gasteiger partial charge in [-0.25, -0.2) is 0 Å². The molecule has 10 aromatic rings. The molecule has 0 amide bonds. The standard InChI is InChI=1S/C48H31N3OS/c1-2-13-30(14-3-1)45-47-46(35-17-8-9-20-41(35)53-47)50-48(49-45)36-18-10-19-39-42(36)34-24-23-31(27-40(34)52-39)51-37-25-21-28-11-4-6-15-32(28)43(37)44-33-16-7-5-12-29(33)22-26-38(44)51/h1-27,46,48-50H. The Morgan fingerprint density at radius 3 is 1.98 bits per heavy atom. The fourth-order valence-electron chi connectivity index (χ4n) is 8.96. The first-order chi connectivity index (χ1) is 26.3. The molecule has 53 heavy (non-hydrogen) atoms. The number of nitrogens with one attached hydrogen (secondary N) is 2. The lowest BCUT2D eigenvalue weighted by Gasteiger charge is -2.34. The Kier molecular flexibility index (Phi) is 6.15. The number of fused-ring (bicyclic) bond motifs is 13. The molecule has 2 aromatic heterocycles. The summed E-state index contributed by atoms with van der Waals surface area (Å²) in [6.45, 7) is 0. The van der Waals surface area contributed by atoms with E-state index in [1.54, 1.807) is 0 Å². The molecule has 0 aliphatic carbocycles. The summed E-state index contributed by atoms with van der Waals surface area (Å²) in [5.41, 5.74) is 10.1. The van der Waals surface area contributed by atoms with Gasteiger partial charge in [0.2, 0.25) is 0 Å². The maximum absolute atomic E-state index is 6.76. The minimum atomic E-state index is -0.131. The van der Waals surface area contributed by atoms with Crippen molar-refractivity contribution in [2.75, 3.05) is 0 Å². The molecule has 0 saturated carbocycles. The van der Waals surface area contributed by atoms with Gasteiger partial charge in [-0.3, -0.25) is 5.32 Å². The van der Waals surface area contributed by atoms with Gasteiger partial charge in [-0.1, -0.05) is 133 Å². The van der Waals surface area contributed by atoms with Gasteiger partial charge in [0.15, 0.2) is 0 Å². The van der Waals surface area contributed by atoms with Crippen LogP contribution in [0, 0.1) is 0 Å². The fraction of sp³-hybridized carbons (Fsp3) is 0.0417. The molecule has 0 spiro atoms. The quantitative estimate of drug-likeness (QED) is 0.193. The highest BCUT2D eigenvalue weighted by Crippen LogP contribution is 2.53. The number of hydrogen-bond donors (Lipinski definition) is 2. The van der Waals surface area contributed by atoms with Crippen LogP contribution in [0.4, 0.5) is 0 Å². The smallest absolute Gasteiger partial charge is 0.137 e. The van der Waals surface area contributed by atoms with E-state index in [0.29, 0.717) is 0 Å². The summed E-state index contributed by atoms with van der Waals surface area (Å²) in [6.07, 6.45) is -0.131. The summed E-state index contributed by atoms with van der Waals surface area (Å²) in [4.78, 5) is 2.62. The predicted molar refractivity (Wildman–Crippen MR) is 220 cm³/mol. The van der Waals surface area contributed by atoms with E-state index < -0.39 is 0 Å². The molecular weight excluding hydrogens is 667 g/mol. The van der Waals surface area contributed by atoms with Gasteiger partial charge in [-0.15, -0.1) is 0 Å². The van der Waals surface area contributed by atoms with Gasteiger partial charge < -0.3 is 14.3 Å². The predicted octanol–water partition coefficient (Wildman–Crippen LogP) is 12.4. The summed E-state index contributed by atoms with van der Waals surface area (Å²) in [5, 5.41) is 17.8. The summed E-state index contributed by atoms with van der Waals surface area (Å²) in [5.74, 6) is 0. The van der Waals surface area contributed by atoms with Crippen molar-refractivity contribution in [2.45, 2.75) is 17.1 Å². The third kappa shape index (κ3) is 4.23. The minimum absolute atomic E-state index is 0.0974. The molecule has 0 bridgehead atoms. The summed E-state index contributed by atoms with van der Waals surface area (Å²) < 4.78 is 9.17. The van der Waals surface area contributed by atoms with Crippen molar-refractivity contribution in [3.05, 3.63) is 185 Å². The van der Waals surface area contributed by atoms with E-state index in [2.05, 4.69) is 179 Å². The maximum Gasteiger partial charge on any atom is 0.137 e. The topological polar surface area (TPSA) is 42.1 Å². The molecule has 2 N–H and O–H groups in total. The second kappa shape index (κ2) is 11.1. The molecule has 5 heteroatoms. The van der Waals surface area contributed by atoms with Gasteiger partial charge in [0, 0.05) is 48.7 Å². The van der Waals surface area contributed by atoms with Gasteiger partial charge in [0.25, 0.3) is 0 Å². The molecule has 0 fully saturated rings. The highest BCUT2D eigenvalue weighted by atomic mass is 32.2. The summed E-state index contributed by atoms with van der Waals surface area (Å²) in [6, 6.07) is 59.3. The van der Waals surface area contributed by atoms with Crippen molar-refractivity contribution in [3.63, 3.8) is 0 Å². The molecule has 8 aromatic carbocycles. The molecule has 12 rings (SSSR count). The van der Waals surface area contributed by atoms with E-state index in [1.807, 2.05) is 11.8 Å². The number of rotatable bonds is 3. The zero-order valence-corrected chi connectivity index (χ0v) is 29.3. The van der Waals surface area contributed by atoms with E-state index in [1.165, 1.54) is 75.5 Å². The van der Waals surface area contributed by atoms with E-state index in [9.17, 15) is 0 Å². The van der Waals surface area contributed by atoms with Gasteiger partial charge >= 0.3 is 0 Å². The van der Waals surface area contributed by atoms with Crippen LogP contribution in [-0.2, 0) is 0 Å². The second-order valence-electron chi connectivity index (χ2n) is 14.1. The van der Waals surface area contributed by atoms with Crippen LogP contribution in [0.15, 0.2) is 178 Å². The highest BCUT2D eigenvalue weighted by molar-refractivity contribution is 8.03. The van der Waals surface area contributed by atoms with Gasteiger partial charge in [0.05, 0.1) is 22.8 Å². The highest BCUT2D eigenvalue weighted by Gasteiger charge is 2.37. The van der Waals surface area contributed by atoms with Gasteiger partial charge in [-0.05, 0) is 69.1 Å². The van der Waals surface area contributed by atoms with Crippen molar-refractivity contribution in [2.24, 2.45) is 0 Å². The first-order valence-electron chi connectivity index (χ1n) is 18.2. The van der Waals surface area contributed by atoms with Crippen molar-refractivity contribution < 1.29 is 4.42 Å². The molecule has 4 heterocycles. The van der Waals surface area contributed by atoms with Crippen LogP contribution in [0.5, 0.6) is 0 Å². The lowest BCUT2D eigenvalue weighted by Crippen LogP contribution is -2.40. The van der Waals surface area contributed by atoms with E-state index >= 15 is 0 Å². The summed E-state index contributed by atoms with van der Waals surface area (Å²) >= 11 is 1.86. The number of thioether (sulfide) groups is 1. The van der Waals surface area contributed by atoms with E-state index in [4.69, 9.17) is 4.42 Å². The largest absolute Gasteiger partial charge is 0.456 e. The van der Waals surface area contributed by atoms with Crippen LogP contribution in [0.1, 0.15) is 28.9 Å². The molecule has 2 unspecified atom stereocenters. The fourth-order valence-corrected chi connectivity index (χ4v) is 10.2. The number of aromatic nitrogens is 1. The number of hydrogen-bond acceptors (Lipinski definition) is 4. The Morgan fingerprint density at radius 1 is 0.528 bits per heavy atom. The molecule has 0 saturated heterocycles. The number of benzene rings is 8. The molecule has 2 aliphatic heterocycles. The maximum atomic E-state index is 6.76. The van der Waals surface area contributed by atoms with Crippen LogP contribution >= 0.6 is 11.8 Å². The molecule has 2 aliphatic rings. The third-order valence-corrected chi connectivity index (χ3v) is 12.5. The zero-order valence-electron chi connectivity index (χ0n) is 28.5. The van der Waals surface area contributed by atoms with Crippen molar-refractivity contribution in [1.29, 1.82) is 0 Å². The SMILES string of the molecule is c1ccc(C2=C3Sc4ccccc4C3NC(c3cccc4oc5cc(-n6c7ccc8ccccc8c7c7c8ccccc8ccc76)ccc5c34)N2)cc1. The van der Waals surface area contributed by atoms with Crippen molar-refractivity contribution in [3.8, 4) is 5.69 Å². The monoisotopic (exact) mass is 697 g/mol. The van der Waals surface area contributed by atoms with Crippen molar-refractivity contribution >= 4 is 82.7 Å². The zero-order chi connectivity index (χ0) is 34.6. The average molecular weight is 698 g/mol. The normalized spacial score (nSPS) is 17.0. The lowest BCUT2D eigenvalue weighted by molar-refractivity contribution is 0.441. The summed E-state index contributed by atoms with van der Waals surface area (Å²) in [7, 11) is 0. The minimum Gasteiger partial charge on any atom is -0.456 e. The molecule has 250 valence electrons. The first-order valence-corrected chi connectivity index (χ1v) is 19.0. The van der Waals surface area contributed by atoms with Crippen LogP contribution in [-0.4, -0.2) is 4.57 Å². The number of nitrogens with zero attached hydrogens (tertiary/aromatic N) is 1. The van der Waals surface area contributed by atoms with Gasteiger partial charge in [-0.2, -0.15) is 0 Å². The van der Waals surface area contributed by atoms with E-state index in [0.717, 1.165) is 27.6 Å². The Balaban J connectivity index is 1.05. The van der Waals surface area contributed by atoms with Crippen LogP contribution < -0.4 is 10.6 Å². The lowest BCUT2D eigenvalue weighted by atomic mass is 9.96. The van der Waals surface area contributed by atoms with Crippen LogP contribution in [0.25, 0.3) is 76.7 Å². The Bertz CT molecular complexity index is 3080. The molecule has 0 radical (unpaired) electrons. The third-order valence-electron chi connectivity index (χ3n) is 11.3. The first kappa shape index (κ1) is 29.3. The molecule has 4 nitrogen and oxygen atoms in total. The second-order valence-corrected chi connectivity index (χ2v) is 15.2. The van der Waals surface area contributed by atoms with Gasteiger partial charge in [0.1, 0.15) is 17.3 Å².